The monoisotopic (exact) mass is 225 g/mol. The third-order valence-corrected chi connectivity index (χ3v) is 2.45. The van der Waals surface area contributed by atoms with Crippen LogP contribution in [-0.2, 0) is 6.42 Å². The van der Waals surface area contributed by atoms with Gasteiger partial charge in [-0.2, -0.15) is 4.98 Å². The first-order valence-electron chi connectivity index (χ1n) is 6.10. The Morgan fingerprint density at radius 3 is 2.62 bits per heavy atom. The van der Waals surface area contributed by atoms with Crippen LogP contribution in [0.4, 0.5) is 0 Å². The fourth-order valence-electron chi connectivity index (χ4n) is 1.82. The Morgan fingerprint density at radius 1 is 1.31 bits per heavy atom. The van der Waals surface area contributed by atoms with Gasteiger partial charge in [0.05, 0.1) is 0 Å². The molecular weight excluding hydrogens is 202 g/mol. The second kappa shape index (κ2) is 6.63. The lowest BCUT2D eigenvalue weighted by molar-refractivity contribution is 0.367. The van der Waals surface area contributed by atoms with E-state index in [4.69, 9.17) is 4.52 Å². The van der Waals surface area contributed by atoms with Crippen molar-refractivity contribution in [1.29, 1.82) is 0 Å². The van der Waals surface area contributed by atoms with Crippen LogP contribution < -0.4 is 5.32 Å². The molecule has 1 unspecified atom stereocenters. The molecule has 1 heterocycles. The van der Waals surface area contributed by atoms with Crippen LogP contribution in [-0.4, -0.2) is 22.7 Å². The first-order chi connectivity index (χ1) is 7.58. The van der Waals surface area contributed by atoms with Crippen LogP contribution in [0.5, 0.6) is 0 Å². The summed E-state index contributed by atoms with van der Waals surface area (Å²) in [5, 5.41) is 7.26. The molecule has 16 heavy (non-hydrogen) atoms. The zero-order chi connectivity index (χ0) is 12.0. The molecule has 1 aromatic rings. The van der Waals surface area contributed by atoms with E-state index >= 15 is 0 Å². The number of hydrogen-bond acceptors (Lipinski definition) is 4. The second-order valence-electron chi connectivity index (χ2n) is 4.82. The molecule has 0 radical (unpaired) electrons. The summed E-state index contributed by atoms with van der Waals surface area (Å²) in [7, 11) is 0. The molecule has 1 atom stereocenters. The van der Waals surface area contributed by atoms with Crippen LogP contribution in [0.3, 0.4) is 0 Å². The smallest absolute Gasteiger partial charge is 0.226 e. The van der Waals surface area contributed by atoms with Gasteiger partial charge >= 0.3 is 0 Å². The first-order valence-corrected chi connectivity index (χ1v) is 6.10. The molecule has 0 saturated carbocycles. The van der Waals surface area contributed by atoms with E-state index < -0.39 is 0 Å². The van der Waals surface area contributed by atoms with Crippen molar-refractivity contribution in [3.8, 4) is 0 Å². The highest BCUT2D eigenvalue weighted by atomic mass is 16.5. The summed E-state index contributed by atoms with van der Waals surface area (Å²) >= 11 is 0. The Hall–Kier alpha value is -0.900. The standard InChI is InChI=1S/C12H23N3O/c1-9(2)8-10(3)13-7-5-6-12-14-11(4)15-16-12/h9-10,13H,5-8H2,1-4H3. The first kappa shape index (κ1) is 13.2. The average Bonchev–Trinajstić information content (AvgIpc) is 2.58. The van der Waals surface area contributed by atoms with E-state index in [9.17, 15) is 0 Å². The maximum Gasteiger partial charge on any atom is 0.226 e. The van der Waals surface area contributed by atoms with Crippen molar-refractivity contribution in [1.82, 2.24) is 15.5 Å². The summed E-state index contributed by atoms with van der Waals surface area (Å²) in [5.41, 5.74) is 0. The zero-order valence-electron chi connectivity index (χ0n) is 10.8. The fraction of sp³-hybridized carbons (Fsp3) is 0.833. The van der Waals surface area contributed by atoms with Gasteiger partial charge in [0.15, 0.2) is 5.82 Å². The molecular formula is C12H23N3O. The van der Waals surface area contributed by atoms with Gasteiger partial charge in [0.1, 0.15) is 0 Å². The highest BCUT2D eigenvalue weighted by Gasteiger charge is 2.05. The SMILES string of the molecule is Cc1noc(CCCNC(C)CC(C)C)n1. The van der Waals surface area contributed by atoms with Crippen LogP contribution in [0.1, 0.15) is 45.3 Å². The average molecular weight is 225 g/mol. The van der Waals surface area contributed by atoms with Crippen LogP contribution in [0, 0.1) is 12.8 Å². The Balaban J connectivity index is 2.07. The van der Waals surface area contributed by atoms with E-state index in [-0.39, 0.29) is 0 Å². The molecule has 0 spiro atoms. The molecule has 4 heteroatoms. The molecule has 92 valence electrons. The van der Waals surface area contributed by atoms with Gasteiger partial charge in [0.25, 0.3) is 0 Å². The lowest BCUT2D eigenvalue weighted by Crippen LogP contribution is -2.28. The number of nitrogens with one attached hydrogen (secondary N) is 1. The fourth-order valence-corrected chi connectivity index (χ4v) is 1.82. The predicted molar refractivity (Wildman–Crippen MR) is 64.3 cm³/mol. The summed E-state index contributed by atoms with van der Waals surface area (Å²) in [6.07, 6.45) is 3.13. The van der Waals surface area contributed by atoms with Gasteiger partial charge in [-0.1, -0.05) is 19.0 Å². The molecule has 0 aromatic carbocycles. The van der Waals surface area contributed by atoms with Crippen molar-refractivity contribution in [3.63, 3.8) is 0 Å². The van der Waals surface area contributed by atoms with Crippen molar-refractivity contribution >= 4 is 0 Å². The summed E-state index contributed by atoms with van der Waals surface area (Å²) in [6, 6.07) is 0.587. The molecule has 0 bridgehead atoms. The molecule has 0 aliphatic rings. The molecule has 1 aromatic heterocycles. The summed E-state index contributed by atoms with van der Waals surface area (Å²) in [4.78, 5) is 4.17. The van der Waals surface area contributed by atoms with Gasteiger partial charge in [-0.3, -0.25) is 0 Å². The minimum atomic E-state index is 0.587. The molecule has 0 saturated heterocycles. The number of rotatable bonds is 7. The number of aryl methyl sites for hydroxylation is 2. The van der Waals surface area contributed by atoms with Gasteiger partial charge in [0.2, 0.25) is 5.89 Å². The van der Waals surface area contributed by atoms with Crippen LogP contribution in [0.25, 0.3) is 0 Å². The van der Waals surface area contributed by atoms with Crippen LogP contribution in [0.15, 0.2) is 4.52 Å². The Morgan fingerprint density at radius 2 is 2.06 bits per heavy atom. The predicted octanol–water partition coefficient (Wildman–Crippen LogP) is 2.33. The molecule has 0 fully saturated rings. The minimum absolute atomic E-state index is 0.587. The topological polar surface area (TPSA) is 51.0 Å². The number of nitrogens with zero attached hydrogens (tertiary/aromatic N) is 2. The largest absolute Gasteiger partial charge is 0.339 e. The van der Waals surface area contributed by atoms with Gasteiger partial charge in [-0.05, 0) is 39.2 Å². The molecule has 0 amide bonds. The summed E-state index contributed by atoms with van der Waals surface area (Å²) in [6.45, 7) is 9.58. The van der Waals surface area contributed by atoms with Gasteiger partial charge in [0, 0.05) is 12.5 Å². The van der Waals surface area contributed by atoms with E-state index in [1.807, 2.05) is 6.92 Å². The van der Waals surface area contributed by atoms with Crippen molar-refractivity contribution in [3.05, 3.63) is 11.7 Å². The van der Waals surface area contributed by atoms with Gasteiger partial charge in [-0.25, -0.2) is 0 Å². The Labute approximate surface area is 97.8 Å². The molecule has 1 N–H and O–H groups in total. The van der Waals surface area contributed by atoms with Crippen molar-refractivity contribution in [2.45, 2.75) is 53.0 Å². The van der Waals surface area contributed by atoms with E-state index in [1.165, 1.54) is 6.42 Å². The number of hydrogen-bond donors (Lipinski definition) is 1. The lowest BCUT2D eigenvalue weighted by Gasteiger charge is -2.15. The van der Waals surface area contributed by atoms with E-state index in [1.54, 1.807) is 0 Å². The van der Waals surface area contributed by atoms with Crippen LogP contribution in [0.2, 0.25) is 0 Å². The maximum atomic E-state index is 5.05. The van der Waals surface area contributed by atoms with E-state index in [2.05, 4.69) is 36.2 Å². The van der Waals surface area contributed by atoms with E-state index in [0.717, 1.165) is 37.0 Å². The summed E-state index contributed by atoms with van der Waals surface area (Å²) in [5.74, 6) is 2.22. The lowest BCUT2D eigenvalue weighted by atomic mass is 10.1. The van der Waals surface area contributed by atoms with Crippen molar-refractivity contribution < 1.29 is 4.52 Å². The molecule has 0 aliphatic heterocycles. The highest BCUT2D eigenvalue weighted by Crippen LogP contribution is 2.04. The number of aromatic nitrogens is 2. The second-order valence-corrected chi connectivity index (χ2v) is 4.82. The van der Waals surface area contributed by atoms with Gasteiger partial charge < -0.3 is 9.84 Å². The Bertz CT molecular complexity index is 296. The van der Waals surface area contributed by atoms with Crippen LogP contribution >= 0.6 is 0 Å². The minimum Gasteiger partial charge on any atom is -0.339 e. The normalized spacial score (nSPS) is 13.3. The molecule has 0 aliphatic carbocycles. The summed E-state index contributed by atoms with van der Waals surface area (Å²) < 4.78 is 5.05. The molecule has 4 nitrogen and oxygen atoms in total. The Kier molecular flexibility index (Phi) is 5.46. The highest BCUT2D eigenvalue weighted by molar-refractivity contribution is 4.82. The van der Waals surface area contributed by atoms with E-state index in [0.29, 0.717) is 6.04 Å². The third kappa shape index (κ3) is 5.26. The zero-order valence-corrected chi connectivity index (χ0v) is 10.8. The maximum absolute atomic E-state index is 5.05. The molecule has 1 rings (SSSR count). The quantitative estimate of drug-likeness (QED) is 0.724. The van der Waals surface area contributed by atoms with Crippen molar-refractivity contribution in [2.24, 2.45) is 5.92 Å². The van der Waals surface area contributed by atoms with Gasteiger partial charge in [-0.15, -0.1) is 0 Å². The van der Waals surface area contributed by atoms with Crippen molar-refractivity contribution in [2.75, 3.05) is 6.54 Å². The third-order valence-electron chi connectivity index (χ3n) is 2.45.